The largest absolute Gasteiger partial charge is 0.486 e. The molecule has 23 heavy (non-hydrogen) atoms. The Hall–Kier alpha value is -2.21. The SMILES string of the molecule is CN=C(NCc1sccc1C)NCC1COc2ccccc2O1. The maximum absolute atomic E-state index is 5.93. The molecule has 0 saturated heterocycles. The number of ether oxygens (including phenoxy) is 2. The van der Waals surface area contributed by atoms with Gasteiger partial charge in [-0.05, 0) is 36.1 Å². The molecule has 1 aromatic heterocycles. The fourth-order valence-corrected chi connectivity index (χ4v) is 3.19. The van der Waals surface area contributed by atoms with Crippen molar-refractivity contribution in [3.05, 3.63) is 46.2 Å². The molecule has 2 heterocycles. The molecule has 0 radical (unpaired) electrons. The summed E-state index contributed by atoms with van der Waals surface area (Å²) in [6.07, 6.45) is -0.0353. The van der Waals surface area contributed by atoms with Crippen molar-refractivity contribution in [1.82, 2.24) is 10.6 Å². The Morgan fingerprint density at radius 2 is 2.09 bits per heavy atom. The van der Waals surface area contributed by atoms with Gasteiger partial charge in [-0.2, -0.15) is 0 Å². The highest BCUT2D eigenvalue weighted by Gasteiger charge is 2.20. The number of fused-ring (bicyclic) bond motifs is 1. The second-order valence-corrected chi connectivity index (χ2v) is 6.33. The number of para-hydroxylation sites is 2. The summed E-state index contributed by atoms with van der Waals surface area (Å²) in [7, 11) is 1.77. The smallest absolute Gasteiger partial charge is 0.191 e. The van der Waals surface area contributed by atoms with E-state index in [0.717, 1.165) is 24.0 Å². The molecule has 5 nitrogen and oxygen atoms in total. The normalized spacial score (nSPS) is 17.0. The first-order chi connectivity index (χ1) is 11.3. The lowest BCUT2D eigenvalue weighted by Gasteiger charge is -2.27. The summed E-state index contributed by atoms with van der Waals surface area (Å²) in [5.41, 5.74) is 1.30. The molecular weight excluding hydrogens is 310 g/mol. The molecule has 6 heteroatoms. The predicted octanol–water partition coefficient (Wildman–Crippen LogP) is 2.56. The number of benzene rings is 1. The Kier molecular flexibility index (Phi) is 5.02. The lowest BCUT2D eigenvalue weighted by molar-refractivity contribution is 0.0936. The first kappa shape index (κ1) is 15.7. The van der Waals surface area contributed by atoms with E-state index in [-0.39, 0.29) is 6.10 Å². The summed E-state index contributed by atoms with van der Waals surface area (Å²) in [6, 6.07) is 9.86. The zero-order valence-electron chi connectivity index (χ0n) is 13.3. The molecule has 1 atom stereocenters. The average Bonchev–Trinajstić information content (AvgIpc) is 3.00. The zero-order valence-corrected chi connectivity index (χ0v) is 14.2. The molecule has 0 amide bonds. The molecular formula is C17H21N3O2S. The number of aliphatic imine (C=N–C) groups is 1. The highest BCUT2D eigenvalue weighted by Crippen LogP contribution is 2.30. The van der Waals surface area contributed by atoms with Crippen LogP contribution in [-0.4, -0.2) is 32.3 Å². The molecule has 3 rings (SSSR count). The van der Waals surface area contributed by atoms with Crippen molar-refractivity contribution < 1.29 is 9.47 Å². The maximum Gasteiger partial charge on any atom is 0.191 e. The van der Waals surface area contributed by atoms with Crippen LogP contribution in [0.25, 0.3) is 0 Å². The van der Waals surface area contributed by atoms with Crippen molar-refractivity contribution in [2.75, 3.05) is 20.2 Å². The summed E-state index contributed by atoms with van der Waals surface area (Å²) in [5.74, 6) is 2.36. The summed E-state index contributed by atoms with van der Waals surface area (Å²) >= 11 is 1.75. The Bertz CT molecular complexity index is 684. The number of thiophene rings is 1. The molecule has 1 aliphatic rings. The van der Waals surface area contributed by atoms with E-state index in [0.29, 0.717) is 13.2 Å². The van der Waals surface area contributed by atoms with Gasteiger partial charge in [0, 0.05) is 11.9 Å². The highest BCUT2D eigenvalue weighted by molar-refractivity contribution is 7.10. The van der Waals surface area contributed by atoms with E-state index in [4.69, 9.17) is 9.47 Å². The first-order valence-electron chi connectivity index (χ1n) is 7.62. The van der Waals surface area contributed by atoms with Gasteiger partial charge in [-0.25, -0.2) is 0 Å². The number of hydrogen-bond acceptors (Lipinski definition) is 4. The number of rotatable bonds is 4. The molecule has 2 aromatic rings. The van der Waals surface area contributed by atoms with Crippen molar-refractivity contribution in [2.24, 2.45) is 4.99 Å². The molecule has 2 N–H and O–H groups in total. The molecule has 0 fully saturated rings. The van der Waals surface area contributed by atoms with Crippen molar-refractivity contribution in [3.8, 4) is 11.5 Å². The number of aryl methyl sites for hydroxylation is 1. The van der Waals surface area contributed by atoms with E-state index < -0.39 is 0 Å². The summed E-state index contributed by atoms with van der Waals surface area (Å²) in [4.78, 5) is 5.57. The standard InChI is InChI=1S/C17H21N3O2S/c1-12-7-8-23-16(12)10-20-17(18-2)19-9-13-11-21-14-5-3-4-6-15(14)22-13/h3-8,13H,9-11H2,1-2H3,(H2,18,19,20). The van der Waals surface area contributed by atoms with Gasteiger partial charge in [0.2, 0.25) is 0 Å². The summed E-state index contributed by atoms with van der Waals surface area (Å²) in [5, 5.41) is 8.72. The fraction of sp³-hybridized carbons (Fsp3) is 0.353. The molecule has 0 saturated carbocycles. The minimum absolute atomic E-state index is 0.0353. The molecule has 122 valence electrons. The van der Waals surface area contributed by atoms with Crippen LogP contribution in [0.4, 0.5) is 0 Å². The third-order valence-electron chi connectivity index (χ3n) is 3.67. The Morgan fingerprint density at radius 1 is 1.26 bits per heavy atom. The second-order valence-electron chi connectivity index (χ2n) is 5.33. The fourth-order valence-electron chi connectivity index (χ4n) is 2.34. The summed E-state index contributed by atoms with van der Waals surface area (Å²) in [6.45, 7) is 4.06. The van der Waals surface area contributed by atoms with Crippen LogP contribution in [0.3, 0.4) is 0 Å². The Morgan fingerprint density at radius 3 is 2.83 bits per heavy atom. The quantitative estimate of drug-likeness (QED) is 0.668. The lowest BCUT2D eigenvalue weighted by Crippen LogP contribution is -2.45. The number of hydrogen-bond donors (Lipinski definition) is 2. The monoisotopic (exact) mass is 331 g/mol. The van der Waals surface area contributed by atoms with E-state index in [9.17, 15) is 0 Å². The van der Waals surface area contributed by atoms with E-state index >= 15 is 0 Å². The maximum atomic E-state index is 5.93. The molecule has 0 spiro atoms. The van der Waals surface area contributed by atoms with Gasteiger partial charge in [-0.3, -0.25) is 4.99 Å². The van der Waals surface area contributed by atoms with Gasteiger partial charge >= 0.3 is 0 Å². The average molecular weight is 331 g/mol. The second kappa shape index (κ2) is 7.37. The molecule has 1 aliphatic heterocycles. The van der Waals surface area contributed by atoms with Gasteiger partial charge in [0.1, 0.15) is 12.7 Å². The van der Waals surface area contributed by atoms with Crippen LogP contribution in [0.5, 0.6) is 11.5 Å². The highest BCUT2D eigenvalue weighted by atomic mass is 32.1. The van der Waals surface area contributed by atoms with Crippen LogP contribution in [0, 0.1) is 6.92 Å². The minimum atomic E-state index is -0.0353. The zero-order chi connectivity index (χ0) is 16.1. The molecule has 1 unspecified atom stereocenters. The van der Waals surface area contributed by atoms with Gasteiger partial charge in [0.05, 0.1) is 13.1 Å². The minimum Gasteiger partial charge on any atom is -0.486 e. The van der Waals surface area contributed by atoms with E-state index in [1.54, 1.807) is 18.4 Å². The number of guanidine groups is 1. The first-order valence-corrected chi connectivity index (χ1v) is 8.50. The van der Waals surface area contributed by atoms with Crippen LogP contribution < -0.4 is 20.1 Å². The molecule has 0 aliphatic carbocycles. The van der Waals surface area contributed by atoms with Crippen molar-refractivity contribution in [2.45, 2.75) is 19.6 Å². The number of nitrogens with one attached hydrogen (secondary N) is 2. The number of nitrogens with zero attached hydrogens (tertiary/aromatic N) is 1. The van der Waals surface area contributed by atoms with Crippen LogP contribution in [0.1, 0.15) is 10.4 Å². The predicted molar refractivity (Wildman–Crippen MR) is 93.6 cm³/mol. The van der Waals surface area contributed by atoms with Crippen LogP contribution in [0.2, 0.25) is 0 Å². The van der Waals surface area contributed by atoms with Crippen molar-refractivity contribution >= 4 is 17.3 Å². The molecule has 1 aromatic carbocycles. The summed E-state index contributed by atoms with van der Waals surface area (Å²) < 4.78 is 11.6. The third-order valence-corrected chi connectivity index (χ3v) is 4.70. The third kappa shape index (κ3) is 3.96. The van der Waals surface area contributed by atoms with Crippen LogP contribution in [0.15, 0.2) is 40.7 Å². The topological polar surface area (TPSA) is 54.9 Å². The van der Waals surface area contributed by atoms with E-state index in [1.165, 1.54) is 10.4 Å². The van der Waals surface area contributed by atoms with Gasteiger partial charge < -0.3 is 20.1 Å². The van der Waals surface area contributed by atoms with E-state index in [1.807, 2.05) is 24.3 Å². The van der Waals surface area contributed by atoms with Gasteiger partial charge in [-0.15, -0.1) is 11.3 Å². The van der Waals surface area contributed by atoms with Gasteiger partial charge in [0.25, 0.3) is 0 Å². The molecule has 0 bridgehead atoms. The van der Waals surface area contributed by atoms with Crippen LogP contribution >= 0.6 is 11.3 Å². The van der Waals surface area contributed by atoms with Crippen molar-refractivity contribution in [1.29, 1.82) is 0 Å². The Labute approximate surface area is 140 Å². The Balaban J connectivity index is 1.48. The van der Waals surface area contributed by atoms with Crippen molar-refractivity contribution in [3.63, 3.8) is 0 Å². The van der Waals surface area contributed by atoms with Gasteiger partial charge in [-0.1, -0.05) is 12.1 Å². The van der Waals surface area contributed by atoms with E-state index in [2.05, 4.69) is 34.0 Å². The lowest BCUT2D eigenvalue weighted by atomic mass is 10.2. The van der Waals surface area contributed by atoms with Crippen LogP contribution in [-0.2, 0) is 6.54 Å². The van der Waals surface area contributed by atoms with Gasteiger partial charge in [0.15, 0.2) is 17.5 Å².